The summed E-state index contributed by atoms with van der Waals surface area (Å²) in [5, 5.41) is 13.4. The van der Waals surface area contributed by atoms with Gasteiger partial charge in [-0.25, -0.2) is 0 Å². The molecule has 0 saturated heterocycles. The van der Waals surface area contributed by atoms with Gasteiger partial charge in [-0.05, 0) is 56.6 Å². The van der Waals surface area contributed by atoms with Crippen LogP contribution in [-0.2, 0) is 16.0 Å². The first-order valence-electron chi connectivity index (χ1n) is 11.3. The average molecular weight is 472 g/mol. The standard InChI is InChI=1S/C26H33NO3S2/c1-3-21(30-2)12-8-7-11-20-13-14-23(27-29)25-22(17-20)24(18-28)32-26(25)31-16-15-19-9-5-4-6-10-19/h3-10,18,20,22,24,29H,11-17H2,1-2H3/b8-7-,21-3+,27-23+. The van der Waals surface area contributed by atoms with Crippen molar-refractivity contribution in [1.82, 2.24) is 0 Å². The third kappa shape index (κ3) is 6.55. The van der Waals surface area contributed by atoms with Crippen molar-refractivity contribution < 1.29 is 14.7 Å². The van der Waals surface area contributed by atoms with Crippen LogP contribution in [0.2, 0.25) is 0 Å². The van der Waals surface area contributed by atoms with Crippen molar-refractivity contribution in [3.63, 3.8) is 0 Å². The Bertz CT molecular complexity index is 876. The summed E-state index contributed by atoms with van der Waals surface area (Å²) in [6, 6.07) is 10.5. The van der Waals surface area contributed by atoms with Crippen LogP contribution < -0.4 is 0 Å². The summed E-state index contributed by atoms with van der Waals surface area (Å²) in [4.78, 5) is 11.9. The topological polar surface area (TPSA) is 58.9 Å². The summed E-state index contributed by atoms with van der Waals surface area (Å²) in [5.74, 6) is 2.52. The van der Waals surface area contributed by atoms with Gasteiger partial charge in [0, 0.05) is 27.9 Å². The number of aryl methyl sites for hydroxylation is 1. The SMILES string of the molecule is C/C=C(\C/C=C\CC1CC/C(=N\O)C2=C(SCCc3ccccc3)SC(C=O)C2C1)OC. The number of aldehydes is 1. The molecule has 0 aromatic heterocycles. The summed E-state index contributed by atoms with van der Waals surface area (Å²) >= 11 is 3.46. The highest BCUT2D eigenvalue weighted by Gasteiger charge is 2.41. The molecule has 1 aromatic rings. The van der Waals surface area contributed by atoms with Gasteiger partial charge in [0.25, 0.3) is 0 Å². The average Bonchev–Trinajstić information content (AvgIpc) is 3.05. The van der Waals surface area contributed by atoms with E-state index in [4.69, 9.17) is 4.74 Å². The second-order valence-corrected chi connectivity index (χ2v) is 10.7. The molecule has 0 spiro atoms. The highest BCUT2D eigenvalue weighted by atomic mass is 32.2. The summed E-state index contributed by atoms with van der Waals surface area (Å²) in [6.45, 7) is 1.98. The van der Waals surface area contributed by atoms with Crippen molar-refractivity contribution in [2.24, 2.45) is 17.0 Å². The molecular formula is C26H33NO3S2. The molecule has 2 aliphatic rings. The maximum absolute atomic E-state index is 11.9. The molecule has 0 bridgehead atoms. The van der Waals surface area contributed by atoms with Gasteiger partial charge in [0.15, 0.2) is 0 Å². The fraction of sp³-hybridized carbons (Fsp3) is 0.462. The zero-order valence-corrected chi connectivity index (χ0v) is 20.5. The Balaban J connectivity index is 1.68. The van der Waals surface area contributed by atoms with Crippen LogP contribution in [0.15, 0.2) is 69.3 Å². The van der Waals surface area contributed by atoms with E-state index in [1.54, 1.807) is 30.6 Å². The smallest absolute Gasteiger partial charge is 0.133 e. The van der Waals surface area contributed by atoms with Crippen molar-refractivity contribution in [2.75, 3.05) is 12.9 Å². The van der Waals surface area contributed by atoms with Gasteiger partial charge in [-0.1, -0.05) is 47.6 Å². The van der Waals surface area contributed by atoms with Gasteiger partial charge < -0.3 is 14.7 Å². The van der Waals surface area contributed by atoms with Crippen molar-refractivity contribution in [1.29, 1.82) is 0 Å². The predicted octanol–water partition coefficient (Wildman–Crippen LogP) is 6.62. The predicted molar refractivity (Wildman–Crippen MR) is 136 cm³/mol. The molecule has 3 unspecified atom stereocenters. The lowest BCUT2D eigenvalue weighted by Gasteiger charge is -2.19. The Hall–Kier alpha value is -1.92. The van der Waals surface area contributed by atoms with Crippen molar-refractivity contribution in [2.45, 2.75) is 50.7 Å². The number of allylic oxidation sites excluding steroid dienone is 4. The van der Waals surface area contributed by atoms with E-state index in [9.17, 15) is 10.0 Å². The monoisotopic (exact) mass is 471 g/mol. The lowest BCUT2D eigenvalue weighted by molar-refractivity contribution is -0.107. The van der Waals surface area contributed by atoms with Crippen molar-refractivity contribution >= 4 is 35.5 Å². The van der Waals surface area contributed by atoms with E-state index in [0.29, 0.717) is 5.92 Å². The largest absolute Gasteiger partial charge is 0.501 e. The number of benzene rings is 1. The van der Waals surface area contributed by atoms with E-state index in [2.05, 4.69) is 41.6 Å². The second-order valence-electron chi connectivity index (χ2n) is 8.17. The van der Waals surface area contributed by atoms with Gasteiger partial charge in [-0.15, -0.1) is 23.5 Å². The van der Waals surface area contributed by atoms with Crippen LogP contribution >= 0.6 is 23.5 Å². The first-order chi connectivity index (χ1) is 15.7. The molecule has 1 heterocycles. The Morgan fingerprint density at radius 1 is 1.31 bits per heavy atom. The van der Waals surface area contributed by atoms with Crippen LogP contribution in [-0.4, -0.2) is 35.3 Å². The highest BCUT2D eigenvalue weighted by Crippen LogP contribution is 2.52. The molecule has 0 amide bonds. The second kappa shape index (κ2) is 12.9. The Morgan fingerprint density at radius 3 is 2.81 bits per heavy atom. The van der Waals surface area contributed by atoms with Crippen LogP contribution in [0.3, 0.4) is 0 Å². The van der Waals surface area contributed by atoms with E-state index in [1.807, 2.05) is 19.1 Å². The van der Waals surface area contributed by atoms with Gasteiger partial charge in [0.05, 0.1) is 23.8 Å². The maximum atomic E-state index is 11.9. The third-order valence-corrected chi connectivity index (χ3v) is 8.86. The van der Waals surface area contributed by atoms with E-state index < -0.39 is 0 Å². The van der Waals surface area contributed by atoms with Gasteiger partial charge in [0.2, 0.25) is 0 Å². The molecule has 1 aliphatic carbocycles. The number of carbonyl (C=O) groups excluding carboxylic acids is 1. The Morgan fingerprint density at radius 2 is 2.12 bits per heavy atom. The fourth-order valence-corrected chi connectivity index (χ4v) is 7.30. The number of fused-ring (bicyclic) bond motifs is 1. The number of hydrogen-bond acceptors (Lipinski definition) is 6. The van der Waals surface area contributed by atoms with E-state index >= 15 is 0 Å². The van der Waals surface area contributed by atoms with E-state index in [0.717, 1.165) is 67.6 Å². The fourth-order valence-electron chi connectivity index (χ4n) is 4.39. The number of methoxy groups -OCH3 is 1. The molecule has 1 aromatic carbocycles. The quantitative estimate of drug-likeness (QED) is 0.137. The Kier molecular flexibility index (Phi) is 10.0. The van der Waals surface area contributed by atoms with E-state index in [-0.39, 0.29) is 11.2 Å². The molecule has 1 N–H and O–H groups in total. The zero-order valence-electron chi connectivity index (χ0n) is 18.9. The summed E-state index contributed by atoms with van der Waals surface area (Å²) < 4.78 is 6.49. The number of hydrogen-bond donors (Lipinski definition) is 1. The molecule has 32 heavy (non-hydrogen) atoms. The molecular weight excluding hydrogens is 438 g/mol. The van der Waals surface area contributed by atoms with E-state index in [1.165, 1.54) is 9.80 Å². The zero-order chi connectivity index (χ0) is 22.8. The number of ether oxygens (including phenoxy) is 1. The van der Waals surface area contributed by atoms with Crippen LogP contribution in [0.1, 0.15) is 44.6 Å². The molecule has 0 radical (unpaired) electrons. The lowest BCUT2D eigenvalue weighted by Crippen LogP contribution is -2.20. The number of thioether (sulfide) groups is 2. The number of carbonyl (C=O) groups is 1. The maximum Gasteiger partial charge on any atom is 0.133 e. The molecule has 1 fully saturated rings. The van der Waals surface area contributed by atoms with Crippen LogP contribution in [0.5, 0.6) is 0 Å². The van der Waals surface area contributed by atoms with Crippen LogP contribution in [0.4, 0.5) is 0 Å². The minimum atomic E-state index is -0.0892. The highest BCUT2D eigenvalue weighted by molar-refractivity contribution is 8.23. The number of rotatable bonds is 10. The lowest BCUT2D eigenvalue weighted by atomic mass is 9.86. The molecule has 1 saturated carbocycles. The van der Waals surface area contributed by atoms with Crippen LogP contribution in [0.25, 0.3) is 0 Å². The number of nitrogens with zero attached hydrogens (tertiary/aromatic N) is 1. The molecule has 172 valence electrons. The van der Waals surface area contributed by atoms with Gasteiger partial charge in [-0.3, -0.25) is 0 Å². The normalized spacial score (nSPS) is 25.2. The van der Waals surface area contributed by atoms with Gasteiger partial charge >= 0.3 is 0 Å². The molecule has 3 rings (SSSR count). The minimum absolute atomic E-state index is 0.0892. The summed E-state index contributed by atoms with van der Waals surface area (Å²) in [6.07, 6.45) is 12.9. The molecule has 4 nitrogen and oxygen atoms in total. The first-order valence-corrected chi connectivity index (χ1v) is 13.1. The summed E-state index contributed by atoms with van der Waals surface area (Å²) in [5.41, 5.74) is 3.21. The molecule has 1 aliphatic heterocycles. The number of oxime groups is 1. The van der Waals surface area contributed by atoms with Crippen LogP contribution in [0, 0.1) is 11.8 Å². The van der Waals surface area contributed by atoms with Gasteiger partial charge in [-0.2, -0.15) is 0 Å². The van der Waals surface area contributed by atoms with Crippen molar-refractivity contribution in [3.8, 4) is 0 Å². The summed E-state index contributed by atoms with van der Waals surface area (Å²) in [7, 11) is 1.70. The van der Waals surface area contributed by atoms with Crippen molar-refractivity contribution in [3.05, 3.63) is 69.7 Å². The Labute approximate surface area is 200 Å². The minimum Gasteiger partial charge on any atom is -0.501 e. The third-order valence-electron chi connectivity index (χ3n) is 6.18. The molecule has 6 heteroatoms. The van der Waals surface area contributed by atoms with Gasteiger partial charge in [0.1, 0.15) is 6.29 Å². The molecule has 3 atom stereocenters. The first kappa shape index (κ1) is 24.7.